The highest BCUT2D eigenvalue weighted by molar-refractivity contribution is 8.26. The standard InChI is InChI=1S/C23H24ClNO4S2/c1-4-14(2)16-5-7-17(8-6-16)28-9-10-29-21-18(24)11-15(12-19(21)27-3)13-20-22(26)25-23(30)31-20/h5-8,11-14H,4,9-10H2,1-3H3,(H,25,26,30)/b20-13-/t14-/m0/s1. The zero-order valence-corrected chi connectivity index (χ0v) is 20.0. The van der Waals surface area contributed by atoms with Gasteiger partial charge in [-0.3, -0.25) is 4.79 Å². The zero-order valence-electron chi connectivity index (χ0n) is 17.6. The molecule has 0 saturated carbocycles. The fraction of sp³-hybridized carbons (Fsp3) is 0.304. The number of ether oxygens (including phenoxy) is 3. The van der Waals surface area contributed by atoms with Crippen molar-refractivity contribution in [2.75, 3.05) is 20.3 Å². The molecule has 1 atom stereocenters. The van der Waals surface area contributed by atoms with Gasteiger partial charge < -0.3 is 19.5 Å². The summed E-state index contributed by atoms with van der Waals surface area (Å²) in [6.45, 7) is 5.05. The average Bonchev–Trinajstić information content (AvgIpc) is 3.08. The molecule has 1 aliphatic heterocycles. The summed E-state index contributed by atoms with van der Waals surface area (Å²) in [6.07, 6.45) is 2.82. The minimum atomic E-state index is -0.222. The molecule has 3 rings (SSSR count). The highest BCUT2D eigenvalue weighted by atomic mass is 35.5. The van der Waals surface area contributed by atoms with E-state index in [1.807, 2.05) is 12.1 Å². The summed E-state index contributed by atoms with van der Waals surface area (Å²) in [5.41, 5.74) is 2.02. The molecule has 1 fully saturated rings. The van der Waals surface area contributed by atoms with Crippen LogP contribution in [0.15, 0.2) is 41.3 Å². The molecule has 0 unspecified atom stereocenters. The lowest BCUT2D eigenvalue weighted by atomic mass is 9.99. The van der Waals surface area contributed by atoms with Gasteiger partial charge in [-0.1, -0.05) is 61.6 Å². The number of halogens is 1. The average molecular weight is 478 g/mol. The molecule has 0 bridgehead atoms. The summed E-state index contributed by atoms with van der Waals surface area (Å²) in [4.78, 5) is 12.4. The predicted octanol–water partition coefficient (Wildman–Crippen LogP) is 5.81. The van der Waals surface area contributed by atoms with E-state index in [9.17, 15) is 4.79 Å². The van der Waals surface area contributed by atoms with E-state index in [1.165, 1.54) is 24.4 Å². The van der Waals surface area contributed by atoms with Crippen molar-refractivity contribution >= 4 is 51.9 Å². The van der Waals surface area contributed by atoms with Crippen molar-refractivity contribution in [3.8, 4) is 17.2 Å². The molecule has 2 aromatic carbocycles. The van der Waals surface area contributed by atoms with Gasteiger partial charge in [-0.2, -0.15) is 0 Å². The van der Waals surface area contributed by atoms with Crippen LogP contribution in [-0.4, -0.2) is 30.6 Å². The number of rotatable bonds is 9. The quantitative estimate of drug-likeness (QED) is 0.279. The number of hydrogen-bond acceptors (Lipinski definition) is 6. The van der Waals surface area contributed by atoms with Crippen LogP contribution in [0.2, 0.25) is 5.02 Å². The molecule has 0 radical (unpaired) electrons. The molecule has 1 heterocycles. The van der Waals surface area contributed by atoms with E-state index in [4.69, 9.17) is 38.0 Å². The predicted molar refractivity (Wildman–Crippen MR) is 130 cm³/mol. The molecule has 1 aliphatic rings. The van der Waals surface area contributed by atoms with Crippen LogP contribution in [0.1, 0.15) is 37.3 Å². The van der Waals surface area contributed by atoms with Gasteiger partial charge in [-0.15, -0.1) is 0 Å². The lowest BCUT2D eigenvalue weighted by Gasteiger charge is -2.14. The lowest BCUT2D eigenvalue weighted by molar-refractivity contribution is -0.115. The van der Waals surface area contributed by atoms with Gasteiger partial charge in [0.1, 0.15) is 23.3 Å². The molecule has 8 heteroatoms. The van der Waals surface area contributed by atoms with Crippen LogP contribution in [0.3, 0.4) is 0 Å². The summed E-state index contributed by atoms with van der Waals surface area (Å²) in [6, 6.07) is 11.6. The maximum Gasteiger partial charge on any atom is 0.263 e. The summed E-state index contributed by atoms with van der Waals surface area (Å²) in [5, 5.41) is 2.97. The molecule has 1 saturated heterocycles. The summed E-state index contributed by atoms with van der Waals surface area (Å²) in [7, 11) is 1.54. The second kappa shape index (κ2) is 10.9. The molecule has 1 N–H and O–H groups in total. The van der Waals surface area contributed by atoms with E-state index in [0.29, 0.717) is 50.4 Å². The van der Waals surface area contributed by atoms with Crippen LogP contribution in [0.4, 0.5) is 0 Å². The van der Waals surface area contributed by atoms with Crippen LogP contribution >= 0.6 is 35.6 Å². The molecule has 0 aliphatic carbocycles. The van der Waals surface area contributed by atoms with Gasteiger partial charge in [0.25, 0.3) is 5.91 Å². The maximum absolute atomic E-state index is 11.9. The van der Waals surface area contributed by atoms with E-state index in [0.717, 1.165) is 12.2 Å². The van der Waals surface area contributed by atoms with Gasteiger partial charge in [-0.25, -0.2) is 0 Å². The van der Waals surface area contributed by atoms with Crippen LogP contribution in [-0.2, 0) is 4.79 Å². The number of carbonyl (C=O) groups excluding carboxylic acids is 1. The minimum absolute atomic E-state index is 0.222. The van der Waals surface area contributed by atoms with E-state index in [2.05, 4.69) is 31.3 Å². The summed E-state index contributed by atoms with van der Waals surface area (Å²) in [5.74, 6) is 2.01. The summed E-state index contributed by atoms with van der Waals surface area (Å²) < 4.78 is 17.4. The third-order valence-corrected chi connectivity index (χ3v) is 6.29. The lowest BCUT2D eigenvalue weighted by Crippen LogP contribution is -2.17. The first-order valence-electron chi connectivity index (χ1n) is 9.89. The molecule has 0 spiro atoms. The Balaban J connectivity index is 1.60. The largest absolute Gasteiger partial charge is 0.493 e. The van der Waals surface area contributed by atoms with Gasteiger partial charge in [0.2, 0.25) is 0 Å². The fourth-order valence-corrected chi connectivity index (χ4v) is 4.29. The number of hydrogen-bond donors (Lipinski definition) is 1. The van der Waals surface area contributed by atoms with Crippen molar-refractivity contribution in [2.24, 2.45) is 0 Å². The van der Waals surface area contributed by atoms with Crippen LogP contribution < -0.4 is 19.5 Å². The number of carbonyl (C=O) groups is 1. The molecule has 0 aromatic heterocycles. The molecular weight excluding hydrogens is 454 g/mol. The Kier molecular flexibility index (Phi) is 8.23. The van der Waals surface area contributed by atoms with E-state index in [1.54, 1.807) is 18.2 Å². The van der Waals surface area contributed by atoms with Gasteiger partial charge >= 0.3 is 0 Å². The Morgan fingerprint density at radius 2 is 1.90 bits per heavy atom. The summed E-state index contributed by atoms with van der Waals surface area (Å²) >= 11 is 12.6. The van der Waals surface area contributed by atoms with Crippen molar-refractivity contribution in [2.45, 2.75) is 26.2 Å². The van der Waals surface area contributed by atoms with Crippen LogP contribution in [0.25, 0.3) is 6.08 Å². The Hall–Kier alpha value is -2.22. The molecule has 1 amide bonds. The number of benzene rings is 2. The van der Waals surface area contributed by atoms with Gasteiger partial charge in [0.05, 0.1) is 17.0 Å². The molecule has 164 valence electrons. The van der Waals surface area contributed by atoms with Crippen molar-refractivity contribution in [3.63, 3.8) is 0 Å². The number of thioether (sulfide) groups is 1. The first kappa shape index (κ1) is 23.4. The van der Waals surface area contributed by atoms with Gasteiger partial charge in [0.15, 0.2) is 11.5 Å². The Labute approximate surface area is 197 Å². The van der Waals surface area contributed by atoms with Crippen molar-refractivity contribution < 1.29 is 19.0 Å². The smallest absolute Gasteiger partial charge is 0.263 e. The first-order chi connectivity index (χ1) is 14.9. The number of nitrogens with one attached hydrogen (secondary N) is 1. The molecular formula is C23H24ClNO4S2. The second-order valence-corrected chi connectivity index (χ2v) is 9.09. The van der Waals surface area contributed by atoms with Crippen LogP contribution in [0.5, 0.6) is 17.2 Å². The van der Waals surface area contributed by atoms with E-state index >= 15 is 0 Å². The number of thiocarbonyl (C=S) groups is 1. The first-order valence-corrected chi connectivity index (χ1v) is 11.5. The Bertz CT molecular complexity index is 992. The second-order valence-electron chi connectivity index (χ2n) is 6.96. The topological polar surface area (TPSA) is 56.8 Å². The van der Waals surface area contributed by atoms with E-state index < -0.39 is 0 Å². The van der Waals surface area contributed by atoms with Crippen LogP contribution in [0, 0.1) is 0 Å². The fourth-order valence-electron chi connectivity index (χ4n) is 2.97. The Morgan fingerprint density at radius 3 is 2.52 bits per heavy atom. The van der Waals surface area contributed by atoms with Crippen molar-refractivity contribution in [3.05, 3.63) is 57.5 Å². The highest BCUT2D eigenvalue weighted by Gasteiger charge is 2.22. The SMILES string of the molecule is CC[C@H](C)c1ccc(OCCOc2c(Cl)cc(/C=C3\SC(=S)NC3=O)cc2OC)cc1. The third-order valence-electron chi connectivity index (χ3n) is 4.85. The molecule has 2 aromatic rings. The van der Waals surface area contributed by atoms with Crippen molar-refractivity contribution in [1.29, 1.82) is 0 Å². The molecule has 31 heavy (non-hydrogen) atoms. The normalized spacial score (nSPS) is 15.7. The molecule has 5 nitrogen and oxygen atoms in total. The monoisotopic (exact) mass is 477 g/mol. The Morgan fingerprint density at radius 1 is 1.19 bits per heavy atom. The maximum atomic E-state index is 11.9. The van der Waals surface area contributed by atoms with Crippen molar-refractivity contribution in [1.82, 2.24) is 5.32 Å². The highest BCUT2D eigenvalue weighted by Crippen LogP contribution is 2.38. The van der Waals surface area contributed by atoms with E-state index in [-0.39, 0.29) is 5.91 Å². The van der Waals surface area contributed by atoms with Gasteiger partial charge in [-0.05, 0) is 53.8 Å². The minimum Gasteiger partial charge on any atom is -0.493 e. The van der Waals surface area contributed by atoms with Gasteiger partial charge in [0, 0.05) is 0 Å². The third kappa shape index (κ3) is 6.15. The number of amides is 1. The number of methoxy groups -OCH3 is 1. The zero-order chi connectivity index (χ0) is 22.4.